The Morgan fingerprint density at radius 3 is 1.67 bits per heavy atom. The standard InChI is InChI=1S/C24H40O21/c1-38-17-14(32)19(20(35)36)45-23(15(17)33)40-4-7-10(28)18(44-24-13(31)8(26)5(2-25)42-24)16(34)22(43-7)39-3-6-9(27)11(29)12(30)21(37)41-6/h5-19,21-34,37H,2-4H2,1H3,(H,35,36)/t5-,6+,7+,8-,9-,10-,11-,12+,13+,14-,15+,16+,17-,18-,19-,21?,22+,23+,24-/m0/s1. The van der Waals surface area contributed by atoms with Crippen molar-refractivity contribution in [3.8, 4) is 0 Å². The number of carbonyl (C=O) groups is 1. The molecular formula is C24H40O21. The van der Waals surface area contributed by atoms with Crippen molar-refractivity contribution >= 4 is 5.97 Å². The molecule has 262 valence electrons. The Labute approximate surface area is 254 Å². The van der Waals surface area contributed by atoms with E-state index >= 15 is 0 Å². The van der Waals surface area contributed by atoms with E-state index in [2.05, 4.69) is 0 Å². The van der Waals surface area contributed by atoms with Crippen molar-refractivity contribution in [2.75, 3.05) is 26.9 Å². The molecule has 0 aromatic heterocycles. The fraction of sp³-hybridized carbons (Fsp3) is 0.958. The maximum Gasteiger partial charge on any atom is 0.335 e. The second-order valence-electron chi connectivity index (χ2n) is 11.0. The molecule has 1 unspecified atom stereocenters. The van der Waals surface area contributed by atoms with Crippen LogP contribution in [0, 0.1) is 0 Å². The molecule has 0 spiro atoms. The molecule has 4 heterocycles. The second-order valence-corrected chi connectivity index (χ2v) is 11.0. The predicted molar refractivity (Wildman–Crippen MR) is 133 cm³/mol. The molecule has 4 rings (SSSR count). The van der Waals surface area contributed by atoms with Crippen molar-refractivity contribution in [2.45, 2.75) is 117 Å². The topological polar surface area (TPSA) is 334 Å². The van der Waals surface area contributed by atoms with E-state index in [1.807, 2.05) is 0 Å². The number of hydrogen-bond donors (Lipinski definition) is 12. The maximum atomic E-state index is 11.6. The van der Waals surface area contributed by atoms with Gasteiger partial charge in [0.15, 0.2) is 31.3 Å². The summed E-state index contributed by atoms with van der Waals surface area (Å²) in [5.41, 5.74) is 0. The Hall–Kier alpha value is -1.29. The van der Waals surface area contributed by atoms with Gasteiger partial charge in [-0.25, -0.2) is 4.79 Å². The summed E-state index contributed by atoms with van der Waals surface area (Å²) >= 11 is 0. The normalized spacial score (nSPS) is 50.9. The first-order valence-corrected chi connectivity index (χ1v) is 13.9. The summed E-state index contributed by atoms with van der Waals surface area (Å²) < 4.78 is 42.6. The second kappa shape index (κ2) is 15.3. The highest BCUT2D eigenvalue weighted by Crippen LogP contribution is 2.32. The average Bonchev–Trinajstić information content (AvgIpc) is 3.28. The monoisotopic (exact) mass is 664 g/mol. The summed E-state index contributed by atoms with van der Waals surface area (Å²) in [5, 5.41) is 122. The van der Waals surface area contributed by atoms with Crippen LogP contribution in [0.1, 0.15) is 0 Å². The van der Waals surface area contributed by atoms with Gasteiger partial charge in [0, 0.05) is 7.11 Å². The van der Waals surface area contributed by atoms with Gasteiger partial charge in [-0.1, -0.05) is 0 Å². The summed E-state index contributed by atoms with van der Waals surface area (Å²) in [6.45, 7) is -2.13. The van der Waals surface area contributed by atoms with Gasteiger partial charge in [-0.05, 0) is 0 Å². The molecule has 45 heavy (non-hydrogen) atoms. The Morgan fingerprint density at radius 2 is 1.11 bits per heavy atom. The number of aliphatic hydroxyl groups is 11. The predicted octanol–water partition coefficient (Wildman–Crippen LogP) is -8.36. The highest BCUT2D eigenvalue weighted by atomic mass is 16.8. The molecule has 0 aliphatic carbocycles. The summed E-state index contributed by atoms with van der Waals surface area (Å²) in [7, 11) is 1.10. The smallest absolute Gasteiger partial charge is 0.335 e. The van der Waals surface area contributed by atoms with Crippen LogP contribution in [-0.4, -0.2) is 211 Å². The number of aliphatic carboxylic acids is 1. The van der Waals surface area contributed by atoms with Crippen LogP contribution in [0.2, 0.25) is 0 Å². The summed E-state index contributed by atoms with van der Waals surface area (Å²) in [5.74, 6) is -1.60. The van der Waals surface area contributed by atoms with E-state index in [-0.39, 0.29) is 0 Å². The lowest BCUT2D eigenvalue weighted by atomic mass is 9.97. The molecule has 0 aromatic carbocycles. The van der Waals surface area contributed by atoms with Crippen LogP contribution in [0.3, 0.4) is 0 Å². The molecule has 19 atom stereocenters. The number of methoxy groups -OCH3 is 1. The van der Waals surface area contributed by atoms with Crippen LogP contribution in [0.15, 0.2) is 0 Å². The fourth-order valence-electron chi connectivity index (χ4n) is 5.37. The van der Waals surface area contributed by atoms with E-state index < -0.39 is 143 Å². The molecule has 4 aliphatic rings. The van der Waals surface area contributed by atoms with Gasteiger partial charge in [-0.15, -0.1) is 0 Å². The van der Waals surface area contributed by atoms with Crippen molar-refractivity contribution in [1.82, 2.24) is 0 Å². The SMILES string of the molecule is CO[C@@H]1[C@@H](O)[C@H](OC[C@H]2O[C@@H](OC[C@H]3OC(O)[C@H](O)[C@@H](O)[C@H]3O)[C@H](O)[C@@H](O[C@@H]3O[C@@H](CO)[C@H](O)[C@H]3O)[C@H]2O)O[C@H](C(=O)O)[C@H]1O. The van der Waals surface area contributed by atoms with Crippen LogP contribution in [0.25, 0.3) is 0 Å². The van der Waals surface area contributed by atoms with E-state index in [0.717, 1.165) is 7.11 Å². The van der Waals surface area contributed by atoms with Crippen LogP contribution < -0.4 is 0 Å². The molecule has 0 amide bonds. The average molecular weight is 665 g/mol. The van der Waals surface area contributed by atoms with Crippen molar-refractivity contribution in [1.29, 1.82) is 0 Å². The quantitative estimate of drug-likeness (QED) is 0.0975. The zero-order valence-corrected chi connectivity index (χ0v) is 23.6. The molecule has 21 heteroatoms. The Bertz CT molecular complexity index is 960. The molecule has 0 aromatic rings. The van der Waals surface area contributed by atoms with Crippen molar-refractivity contribution in [2.24, 2.45) is 0 Å². The molecule has 4 aliphatic heterocycles. The van der Waals surface area contributed by atoms with Crippen molar-refractivity contribution in [3.63, 3.8) is 0 Å². The van der Waals surface area contributed by atoms with E-state index in [9.17, 15) is 66.1 Å². The zero-order chi connectivity index (χ0) is 33.3. The van der Waals surface area contributed by atoms with Crippen molar-refractivity contribution < 1.29 is 104 Å². The molecule has 12 N–H and O–H groups in total. The Morgan fingerprint density at radius 1 is 0.578 bits per heavy atom. The van der Waals surface area contributed by atoms with Gasteiger partial charge in [0.2, 0.25) is 0 Å². The molecule has 4 saturated heterocycles. The van der Waals surface area contributed by atoms with Crippen LogP contribution in [-0.2, 0) is 42.7 Å². The van der Waals surface area contributed by atoms with Crippen LogP contribution >= 0.6 is 0 Å². The molecule has 21 nitrogen and oxygen atoms in total. The minimum Gasteiger partial charge on any atom is -0.479 e. The van der Waals surface area contributed by atoms with Crippen molar-refractivity contribution in [3.05, 3.63) is 0 Å². The van der Waals surface area contributed by atoms with Gasteiger partial charge in [-0.2, -0.15) is 0 Å². The third kappa shape index (κ3) is 7.57. The third-order valence-electron chi connectivity index (χ3n) is 8.03. The molecular weight excluding hydrogens is 624 g/mol. The number of aliphatic hydroxyl groups excluding tert-OH is 11. The minimum absolute atomic E-state index is 0.688. The van der Waals surface area contributed by atoms with Crippen LogP contribution in [0.4, 0.5) is 0 Å². The summed E-state index contributed by atoms with van der Waals surface area (Å²) in [6, 6.07) is 0. The largest absolute Gasteiger partial charge is 0.479 e. The van der Waals surface area contributed by atoms with Gasteiger partial charge >= 0.3 is 5.97 Å². The van der Waals surface area contributed by atoms with Gasteiger partial charge in [0.25, 0.3) is 0 Å². The lowest BCUT2D eigenvalue weighted by molar-refractivity contribution is -0.352. The number of carboxylic acids is 1. The first-order valence-electron chi connectivity index (χ1n) is 13.9. The van der Waals surface area contributed by atoms with Gasteiger partial charge in [0.1, 0.15) is 85.5 Å². The lowest BCUT2D eigenvalue weighted by Crippen LogP contribution is -2.64. The number of ether oxygens (including phenoxy) is 8. The summed E-state index contributed by atoms with van der Waals surface area (Å²) in [6.07, 6.45) is -32.6. The highest BCUT2D eigenvalue weighted by molar-refractivity contribution is 5.73. The Balaban J connectivity index is 1.50. The van der Waals surface area contributed by atoms with E-state index in [0.29, 0.717) is 0 Å². The minimum atomic E-state index is -1.92. The summed E-state index contributed by atoms with van der Waals surface area (Å²) in [4.78, 5) is 11.6. The molecule has 0 radical (unpaired) electrons. The first-order chi connectivity index (χ1) is 21.2. The van der Waals surface area contributed by atoms with Gasteiger partial charge in [0.05, 0.1) is 19.8 Å². The third-order valence-corrected chi connectivity index (χ3v) is 8.03. The van der Waals surface area contributed by atoms with Crippen LogP contribution in [0.5, 0.6) is 0 Å². The molecule has 0 saturated carbocycles. The van der Waals surface area contributed by atoms with Gasteiger partial charge in [-0.3, -0.25) is 0 Å². The molecule has 4 fully saturated rings. The number of hydrogen-bond acceptors (Lipinski definition) is 20. The lowest BCUT2D eigenvalue weighted by Gasteiger charge is -2.45. The Kier molecular flexibility index (Phi) is 12.4. The zero-order valence-electron chi connectivity index (χ0n) is 23.6. The molecule has 0 bridgehead atoms. The van der Waals surface area contributed by atoms with Gasteiger partial charge < -0.3 is 99.2 Å². The van der Waals surface area contributed by atoms with E-state index in [1.54, 1.807) is 0 Å². The first kappa shape index (κ1) is 36.5. The van der Waals surface area contributed by atoms with E-state index in [1.165, 1.54) is 0 Å². The highest BCUT2D eigenvalue weighted by Gasteiger charge is 2.53. The fourth-order valence-corrected chi connectivity index (χ4v) is 5.37. The maximum absolute atomic E-state index is 11.6. The number of carboxylic acid groups (broad SMARTS) is 1. The number of rotatable bonds is 11. The van der Waals surface area contributed by atoms with E-state index in [4.69, 9.17) is 37.9 Å².